The fourth-order valence-corrected chi connectivity index (χ4v) is 1.62. The van der Waals surface area contributed by atoms with E-state index in [0.717, 1.165) is 12.0 Å². The highest BCUT2D eigenvalue weighted by Crippen LogP contribution is 2.13. The Hall–Kier alpha value is -2.04. The zero-order chi connectivity index (χ0) is 15.0. The molecule has 1 aromatic rings. The fraction of sp³-hybridized carbons (Fsp3) is 0.467. The molecule has 1 atom stereocenters. The number of carbonyl (C=O) groups is 2. The van der Waals surface area contributed by atoms with Crippen LogP contribution in [-0.4, -0.2) is 23.6 Å². The molecule has 0 radical (unpaired) electrons. The van der Waals surface area contributed by atoms with Gasteiger partial charge in [0.2, 0.25) is 5.91 Å². The van der Waals surface area contributed by atoms with E-state index in [1.54, 1.807) is 18.2 Å². The maximum atomic E-state index is 11.7. The number of nitrogens with one attached hydrogen (secondary N) is 1. The van der Waals surface area contributed by atoms with Gasteiger partial charge in [-0.2, -0.15) is 0 Å². The average Bonchev–Trinajstić information content (AvgIpc) is 2.43. The second kappa shape index (κ2) is 8.19. The molecule has 20 heavy (non-hydrogen) atoms. The lowest BCUT2D eigenvalue weighted by atomic mass is 10.1. The van der Waals surface area contributed by atoms with Crippen LogP contribution >= 0.6 is 0 Å². The van der Waals surface area contributed by atoms with Crippen LogP contribution in [0.15, 0.2) is 24.3 Å². The first-order chi connectivity index (χ1) is 9.51. The van der Waals surface area contributed by atoms with Crippen molar-refractivity contribution in [3.05, 3.63) is 29.8 Å². The maximum absolute atomic E-state index is 11.7. The van der Waals surface area contributed by atoms with Crippen LogP contribution in [0.5, 0.6) is 5.75 Å². The largest absolute Gasteiger partial charge is 0.482 e. The van der Waals surface area contributed by atoms with Gasteiger partial charge in [-0.25, -0.2) is 4.79 Å². The number of benzene rings is 1. The molecule has 0 aromatic heterocycles. The van der Waals surface area contributed by atoms with E-state index in [-0.39, 0.29) is 12.5 Å². The van der Waals surface area contributed by atoms with Crippen LogP contribution in [0.3, 0.4) is 0 Å². The molecule has 5 nitrogen and oxygen atoms in total. The molecular weight excluding hydrogens is 258 g/mol. The quantitative estimate of drug-likeness (QED) is 0.765. The monoisotopic (exact) mass is 279 g/mol. The lowest BCUT2D eigenvalue weighted by Gasteiger charge is -2.10. The van der Waals surface area contributed by atoms with Crippen molar-refractivity contribution in [3.63, 3.8) is 0 Å². The molecule has 5 heteroatoms. The molecule has 1 rings (SSSR count). The number of amides is 1. The number of carboxylic acids is 1. The molecule has 1 unspecified atom stereocenters. The SMILES string of the molecule is CCC(C)CC(=O)NCc1cccc(OCC(=O)O)c1. The Labute approximate surface area is 118 Å². The lowest BCUT2D eigenvalue weighted by Crippen LogP contribution is -2.24. The molecule has 1 amide bonds. The molecular formula is C15H21NO4. The summed E-state index contributed by atoms with van der Waals surface area (Å²) >= 11 is 0. The topological polar surface area (TPSA) is 75.6 Å². The van der Waals surface area contributed by atoms with Crippen LogP contribution in [0, 0.1) is 5.92 Å². The van der Waals surface area contributed by atoms with Gasteiger partial charge in [0.15, 0.2) is 6.61 Å². The van der Waals surface area contributed by atoms with Gasteiger partial charge >= 0.3 is 5.97 Å². The number of hydrogen-bond acceptors (Lipinski definition) is 3. The van der Waals surface area contributed by atoms with E-state index >= 15 is 0 Å². The van der Waals surface area contributed by atoms with Crippen molar-refractivity contribution in [1.82, 2.24) is 5.32 Å². The van der Waals surface area contributed by atoms with E-state index in [1.165, 1.54) is 0 Å². The zero-order valence-electron chi connectivity index (χ0n) is 11.9. The molecule has 0 saturated heterocycles. The summed E-state index contributed by atoms with van der Waals surface area (Å²) in [5.74, 6) is -0.130. The summed E-state index contributed by atoms with van der Waals surface area (Å²) in [6.45, 7) is 4.14. The van der Waals surface area contributed by atoms with E-state index in [0.29, 0.717) is 24.6 Å². The lowest BCUT2D eigenvalue weighted by molar-refractivity contribution is -0.139. The molecule has 0 bridgehead atoms. The van der Waals surface area contributed by atoms with Gasteiger partial charge in [-0.1, -0.05) is 32.4 Å². The third-order valence-corrected chi connectivity index (χ3v) is 2.98. The van der Waals surface area contributed by atoms with Crippen molar-refractivity contribution in [2.75, 3.05) is 6.61 Å². The van der Waals surface area contributed by atoms with Crippen molar-refractivity contribution in [2.45, 2.75) is 33.2 Å². The molecule has 0 heterocycles. The van der Waals surface area contributed by atoms with Crippen LogP contribution in [0.1, 0.15) is 32.3 Å². The first-order valence-corrected chi connectivity index (χ1v) is 6.71. The Morgan fingerprint density at radius 1 is 1.40 bits per heavy atom. The minimum atomic E-state index is -1.02. The summed E-state index contributed by atoms with van der Waals surface area (Å²) in [5.41, 5.74) is 0.880. The number of hydrogen-bond donors (Lipinski definition) is 2. The van der Waals surface area contributed by atoms with Gasteiger partial charge in [0.1, 0.15) is 5.75 Å². The molecule has 1 aromatic carbocycles. The third-order valence-electron chi connectivity index (χ3n) is 2.98. The Morgan fingerprint density at radius 3 is 2.80 bits per heavy atom. The molecule has 0 aliphatic carbocycles. The molecule has 0 aliphatic heterocycles. The fourth-order valence-electron chi connectivity index (χ4n) is 1.62. The van der Waals surface area contributed by atoms with Gasteiger partial charge < -0.3 is 15.2 Å². The van der Waals surface area contributed by atoms with Crippen molar-refractivity contribution in [1.29, 1.82) is 0 Å². The Morgan fingerprint density at radius 2 is 2.15 bits per heavy atom. The van der Waals surface area contributed by atoms with Gasteiger partial charge in [0.05, 0.1) is 0 Å². The minimum absolute atomic E-state index is 0.0243. The highest BCUT2D eigenvalue weighted by Gasteiger charge is 2.07. The Kier molecular flexibility index (Phi) is 6.56. The number of carbonyl (C=O) groups excluding carboxylic acids is 1. The van der Waals surface area contributed by atoms with Crippen molar-refractivity contribution < 1.29 is 19.4 Å². The van der Waals surface area contributed by atoms with Gasteiger partial charge in [0, 0.05) is 13.0 Å². The summed E-state index contributed by atoms with van der Waals surface area (Å²) in [7, 11) is 0. The smallest absolute Gasteiger partial charge is 0.341 e. The van der Waals surface area contributed by atoms with Crippen molar-refractivity contribution in [3.8, 4) is 5.75 Å². The summed E-state index contributed by atoms with van der Waals surface area (Å²) in [6.07, 6.45) is 1.50. The van der Waals surface area contributed by atoms with Crippen LogP contribution in [0.2, 0.25) is 0 Å². The summed E-state index contributed by atoms with van der Waals surface area (Å²) < 4.78 is 5.08. The molecule has 2 N–H and O–H groups in total. The number of ether oxygens (including phenoxy) is 1. The average molecular weight is 279 g/mol. The number of rotatable bonds is 8. The highest BCUT2D eigenvalue weighted by molar-refractivity contribution is 5.76. The van der Waals surface area contributed by atoms with E-state index in [1.807, 2.05) is 13.0 Å². The molecule has 0 saturated carbocycles. The number of carboxylic acid groups (broad SMARTS) is 1. The van der Waals surface area contributed by atoms with E-state index in [4.69, 9.17) is 9.84 Å². The standard InChI is InChI=1S/C15H21NO4/c1-3-11(2)7-14(17)16-9-12-5-4-6-13(8-12)20-10-15(18)19/h4-6,8,11H,3,7,9-10H2,1-2H3,(H,16,17)(H,18,19). The Bertz CT molecular complexity index is 459. The minimum Gasteiger partial charge on any atom is -0.482 e. The van der Waals surface area contributed by atoms with Crippen LogP contribution < -0.4 is 10.1 Å². The van der Waals surface area contributed by atoms with E-state index in [2.05, 4.69) is 12.2 Å². The predicted octanol–water partition coefficient (Wildman–Crippen LogP) is 2.20. The summed E-state index contributed by atoms with van der Waals surface area (Å²) in [5, 5.41) is 11.4. The van der Waals surface area contributed by atoms with E-state index in [9.17, 15) is 9.59 Å². The second-order valence-corrected chi connectivity index (χ2v) is 4.82. The normalized spacial score (nSPS) is 11.7. The maximum Gasteiger partial charge on any atom is 0.341 e. The molecule has 0 fully saturated rings. The molecule has 0 spiro atoms. The van der Waals surface area contributed by atoms with Gasteiger partial charge in [-0.15, -0.1) is 0 Å². The van der Waals surface area contributed by atoms with Crippen molar-refractivity contribution >= 4 is 11.9 Å². The molecule has 110 valence electrons. The van der Waals surface area contributed by atoms with Crippen LogP contribution in [-0.2, 0) is 16.1 Å². The summed E-state index contributed by atoms with van der Waals surface area (Å²) in [4.78, 5) is 22.1. The zero-order valence-corrected chi connectivity index (χ0v) is 11.9. The van der Waals surface area contributed by atoms with Crippen LogP contribution in [0.25, 0.3) is 0 Å². The first kappa shape index (κ1) is 16.0. The third kappa shape index (κ3) is 6.22. The molecule has 0 aliphatic rings. The van der Waals surface area contributed by atoms with Gasteiger partial charge in [-0.3, -0.25) is 4.79 Å². The highest BCUT2D eigenvalue weighted by atomic mass is 16.5. The second-order valence-electron chi connectivity index (χ2n) is 4.82. The summed E-state index contributed by atoms with van der Waals surface area (Å²) in [6, 6.07) is 7.05. The first-order valence-electron chi connectivity index (χ1n) is 6.71. The Balaban J connectivity index is 2.45. The van der Waals surface area contributed by atoms with Gasteiger partial charge in [0.25, 0.3) is 0 Å². The van der Waals surface area contributed by atoms with E-state index < -0.39 is 5.97 Å². The number of aliphatic carboxylic acids is 1. The van der Waals surface area contributed by atoms with Crippen LogP contribution in [0.4, 0.5) is 0 Å². The predicted molar refractivity (Wildman–Crippen MR) is 75.5 cm³/mol. The van der Waals surface area contributed by atoms with Gasteiger partial charge in [-0.05, 0) is 23.6 Å². The van der Waals surface area contributed by atoms with Crippen molar-refractivity contribution in [2.24, 2.45) is 5.92 Å².